The van der Waals surface area contributed by atoms with Crippen LogP contribution in [0.2, 0.25) is 5.02 Å². The Morgan fingerprint density at radius 2 is 2.00 bits per heavy atom. The summed E-state index contributed by atoms with van der Waals surface area (Å²) in [4.78, 5) is 61.2. The molecular formula is C20H21ClF2N4O6. The summed E-state index contributed by atoms with van der Waals surface area (Å²) in [6.07, 6.45) is -3.03. The van der Waals surface area contributed by atoms with Gasteiger partial charge in [-0.25, -0.2) is 13.6 Å². The molecule has 4 N–H and O–H groups in total. The first-order valence-electron chi connectivity index (χ1n) is 10.0. The molecule has 2 fully saturated rings. The largest absolute Gasteiger partial charge is 0.439 e. The number of hydrogen-bond acceptors (Lipinski definition) is 6. The first-order valence-corrected chi connectivity index (χ1v) is 10.4. The van der Waals surface area contributed by atoms with Gasteiger partial charge in [-0.1, -0.05) is 11.6 Å². The number of anilines is 1. The first kappa shape index (κ1) is 24.4. The lowest BCUT2D eigenvalue weighted by Gasteiger charge is -2.20. The van der Waals surface area contributed by atoms with Gasteiger partial charge in [0.05, 0.1) is 23.7 Å². The van der Waals surface area contributed by atoms with Crippen molar-refractivity contribution in [3.63, 3.8) is 0 Å². The van der Waals surface area contributed by atoms with Crippen molar-refractivity contribution in [3.05, 3.63) is 28.8 Å². The molecule has 4 amide bonds. The number of carbonyl (C=O) groups excluding carboxylic acids is 5. The molecule has 178 valence electrons. The second-order valence-corrected chi connectivity index (χ2v) is 8.09. The van der Waals surface area contributed by atoms with Crippen LogP contribution in [0.4, 0.5) is 19.3 Å². The van der Waals surface area contributed by atoms with Crippen LogP contribution < -0.4 is 21.3 Å². The molecule has 3 rings (SSSR count). The second-order valence-electron chi connectivity index (χ2n) is 7.66. The van der Waals surface area contributed by atoms with Gasteiger partial charge in [-0.3, -0.25) is 24.5 Å². The van der Waals surface area contributed by atoms with E-state index >= 15 is 0 Å². The Hall–Kier alpha value is -3.28. The Balaban J connectivity index is 1.77. The number of ether oxygens (including phenoxy) is 1. The van der Waals surface area contributed by atoms with Gasteiger partial charge in [0.25, 0.3) is 17.7 Å². The van der Waals surface area contributed by atoms with Crippen LogP contribution in [0.15, 0.2) is 18.2 Å². The zero-order chi connectivity index (χ0) is 24.3. The van der Waals surface area contributed by atoms with Crippen molar-refractivity contribution < 1.29 is 37.5 Å². The summed E-state index contributed by atoms with van der Waals surface area (Å²) in [5.74, 6) is -6.78. The normalized spacial score (nSPS) is 21.4. The third kappa shape index (κ3) is 5.95. The van der Waals surface area contributed by atoms with Crippen molar-refractivity contribution >= 4 is 46.9 Å². The lowest BCUT2D eigenvalue weighted by Crippen LogP contribution is -2.48. The fourth-order valence-electron chi connectivity index (χ4n) is 3.30. The highest BCUT2D eigenvalue weighted by atomic mass is 35.5. The molecule has 0 spiro atoms. The van der Waals surface area contributed by atoms with Crippen LogP contribution >= 0.6 is 11.6 Å². The van der Waals surface area contributed by atoms with Gasteiger partial charge in [0, 0.05) is 24.5 Å². The molecule has 10 nitrogen and oxygen atoms in total. The molecule has 2 aliphatic rings. The predicted molar refractivity (Wildman–Crippen MR) is 111 cm³/mol. The lowest BCUT2D eigenvalue weighted by molar-refractivity contribution is -0.139. The van der Waals surface area contributed by atoms with Gasteiger partial charge in [-0.05, 0) is 31.0 Å². The molecule has 1 aliphatic heterocycles. The van der Waals surface area contributed by atoms with E-state index in [-0.39, 0.29) is 28.6 Å². The summed E-state index contributed by atoms with van der Waals surface area (Å²) < 4.78 is 30.6. The zero-order valence-corrected chi connectivity index (χ0v) is 18.1. The van der Waals surface area contributed by atoms with Crippen LogP contribution in [0.3, 0.4) is 0 Å². The fourth-order valence-corrected chi connectivity index (χ4v) is 3.47. The molecule has 13 heteroatoms. The minimum absolute atomic E-state index is 0.108. The van der Waals surface area contributed by atoms with Crippen molar-refractivity contribution in [2.45, 2.75) is 37.3 Å². The molecule has 0 aromatic heterocycles. The summed E-state index contributed by atoms with van der Waals surface area (Å²) in [6, 6.07) is 2.44. The number of halogens is 3. The van der Waals surface area contributed by atoms with Crippen LogP contribution in [-0.2, 0) is 19.1 Å². The number of likely N-dealkylation sites (N-methyl/N-ethyl adjacent to an activating group) is 1. The molecule has 1 aromatic rings. The number of carbonyl (C=O) groups is 5. The van der Waals surface area contributed by atoms with Gasteiger partial charge in [0.15, 0.2) is 6.10 Å². The number of rotatable bonds is 8. The topological polar surface area (TPSA) is 143 Å². The average Bonchev–Trinajstić information content (AvgIpc) is 3.14. The van der Waals surface area contributed by atoms with E-state index in [0.717, 1.165) is 0 Å². The van der Waals surface area contributed by atoms with Crippen molar-refractivity contribution in [3.8, 4) is 0 Å². The molecule has 2 unspecified atom stereocenters. The smallest absolute Gasteiger partial charge is 0.412 e. The zero-order valence-electron chi connectivity index (χ0n) is 17.4. The van der Waals surface area contributed by atoms with E-state index in [2.05, 4.69) is 26.0 Å². The van der Waals surface area contributed by atoms with E-state index in [1.54, 1.807) is 0 Å². The monoisotopic (exact) mass is 486 g/mol. The maximum absolute atomic E-state index is 13.0. The molecule has 33 heavy (non-hydrogen) atoms. The van der Waals surface area contributed by atoms with Gasteiger partial charge >= 0.3 is 6.09 Å². The van der Waals surface area contributed by atoms with Crippen LogP contribution in [-0.4, -0.2) is 61.3 Å². The highest BCUT2D eigenvalue weighted by Gasteiger charge is 2.60. The van der Waals surface area contributed by atoms with Gasteiger partial charge in [0.2, 0.25) is 11.7 Å². The predicted octanol–water partition coefficient (Wildman–Crippen LogP) is 1.24. The van der Waals surface area contributed by atoms with E-state index in [1.807, 2.05) is 0 Å². The van der Waals surface area contributed by atoms with Gasteiger partial charge in [0.1, 0.15) is 0 Å². The van der Waals surface area contributed by atoms with Crippen molar-refractivity contribution in [2.24, 2.45) is 5.92 Å². The van der Waals surface area contributed by atoms with Gasteiger partial charge in [-0.15, -0.1) is 0 Å². The number of alkyl halides is 2. The molecule has 1 heterocycles. The fraction of sp³-hybridized carbons (Fsp3) is 0.450. The SMILES string of the molecule is CNC(=O)C(=O)C(C[C@@H]1CCNC1=O)NC(=O)c1cc(Cl)ccc1NC(=O)OC1CC1(F)F. The van der Waals surface area contributed by atoms with E-state index < -0.39 is 54.1 Å². The van der Waals surface area contributed by atoms with Crippen LogP contribution in [0, 0.1) is 5.92 Å². The number of amides is 4. The lowest BCUT2D eigenvalue weighted by atomic mass is 9.95. The highest BCUT2D eigenvalue weighted by Crippen LogP contribution is 2.44. The van der Waals surface area contributed by atoms with Crippen molar-refractivity contribution in [1.82, 2.24) is 16.0 Å². The summed E-state index contributed by atoms with van der Waals surface area (Å²) >= 11 is 5.95. The van der Waals surface area contributed by atoms with Crippen LogP contribution in [0.25, 0.3) is 0 Å². The Bertz CT molecular complexity index is 1000. The number of nitrogens with one attached hydrogen (secondary N) is 4. The third-order valence-electron chi connectivity index (χ3n) is 5.24. The number of hydrogen-bond donors (Lipinski definition) is 4. The number of Topliss-reactive ketones (excluding diaryl/α,β-unsaturated/α-hetero) is 1. The molecule has 0 bridgehead atoms. The Kier molecular flexibility index (Phi) is 7.15. The highest BCUT2D eigenvalue weighted by molar-refractivity contribution is 6.38. The maximum atomic E-state index is 13.0. The Morgan fingerprint density at radius 3 is 2.58 bits per heavy atom. The van der Waals surface area contributed by atoms with Crippen molar-refractivity contribution in [2.75, 3.05) is 18.9 Å². The minimum Gasteiger partial charge on any atom is -0.439 e. The quantitative estimate of drug-likeness (QED) is 0.407. The van der Waals surface area contributed by atoms with Crippen LogP contribution in [0.5, 0.6) is 0 Å². The Labute approximate surface area is 191 Å². The molecule has 0 radical (unpaired) electrons. The van der Waals surface area contributed by atoms with Crippen molar-refractivity contribution in [1.29, 1.82) is 0 Å². The molecule has 1 aliphatic carbocycles. The molecular weight excluding hydrogens is 466 g/mol. The van der Waals surface area contributed by atoms with Gasteiger partial charge < -0.3 is 20.7 Å². The van der Waals surface area contributed by atoms with Crippen LogP contribution in [0.1, 0.15) is 29.6 Å². The number of ketones is 1. The van der Waals surface area contributed by atoms with E-state index in [4.69, 9.17) is 11.6 Å². The van der Waals surface area contributed by atoms with Gasteiger partial charge in [-0.2, -0.15) is 0 Å². The average molecular weight is 487 g/mol. The summed E-state index contributed by atoms with van der Waals surface area (Å²) in [7, 11) is 1.25. The molecule has 1 saturated carbocycles. The van der Waals surface area contributed by atoms with E-state index in [0.29, 0.717) is 13.0 Å². The Morgan fingerprint density at radius 1 is 1.30 bits per heavy atom. The summed E-state index contributed by atoms with van der Waals surface area (Å²) in [6.45, 7) is 0.406. The standard InChI is InChI=1S/C20H21ClF2N4O6/c1-24-18(31)15(28)13(6-9-4-5-25-16(9)29)26-17(30)11-7-10(21)2-3-12(11)27-19(32)33-14-8-20(14,22)23/h2-3,7,9,13-14H,4-6,8H2,1H3,(H,24,31)(H,25,29)(H,26,30)(H,27,32)/t9-,13?,14?/m0/s1. The van der Waals surface area contributed by atoms with E-state index in [9.17, 15) is 32.8 Å². The van der Waals surface area contributed by atoms with E-state index in [1.165, 1.54) is 25.2 Å². The minimum atomic E-state index is -3.09. The molecule has 1 aromatic carbocycles. The third-order valence-corrected chi connectivity index (χ3v) is 5.47. The molecule has 1 saturated heterocycles. The first-order chi connectivity index (χ1) is 15.5. The maximum Gasteiger partial charge on any atom is 0.412 e. The summed E-state index contributed by atoms with van der Waals surface area (Å²) in [5.41, 5.74) is -0.316. The number of benzene rings is 1. The second kappa shape index (κ2) is 9.69. The summed E-state index contributed by atoms with van der Waals surface area (Å²) in [5, 5.41) is 9.50. The molecule has 3 atom stereocenters.